The molecule has 0 aliphatic rings. The summed E-state index contributed by atoms with van der Waals surface area (Å²) in [6.07, 6.45) is 30.2. The Bertz CT molecular complexity index is 648. The van der Waals surface area contributed by atoms with E-state index in [1.165, 1.54) is 51.4 Å². The first kappa shape index (κ1) is 38.5. The van der Waals surface area contributed by atoms with Crippen molar-refractivity contribution in [1.82, 2.24) is 5.32 Å². The molecule has 0 aromatic heterocycles. The van der Waals surface area contributed by atoms with E-state index in [1.807, 2.05) is 0 Å². The molecule has 0 spiro atoms. The van der Waals surface area contributed by atoms with Gasteiger partial charge in [0, 0.05) is 0 Å². The Morgan fingerprint density at radius 1 is 0.600 bits per heavy atom. The minimum absolute atomic E-state index is 0.343. The smallest absolute Gasteiger partial charge is 0.249 e. The van der Waals surface area contributed by atoms with Crippen LogP contribution in [0, 0.1) is 0 Å². The number of hydrogen-bond acceptors (Lipinski definition) is 5. The Hall–Kier alpha value is -1.47. The minimum Gasteiger partial charge on any atom is -0.394 e. The summed E-state index contributed by atoms with van der Waals surface area (Å²) in [5.74, 6) is -0.613. The van der Waals surface area contributed by atoms with Gasteiger partial charge in [0.2, 0.25) is 5.91 Å². The average molecular weight is 566 g/mol. The van der Waals surface area contributed by atoms with Crippen LogP contribution in [0.4, 0.5) is 0 Å². The molecule has 0 aliphatic heterocycles. The predicted molar refractivity (Wildman–Crippen MR) is 168 cm³/mol. The molecule has 1 amide bonds. The number of carbonyl (C=O) groups excluding carboxylic acids is 1. The van der Waals surface area contributed by atoms with E-state index in [4.69, 9.17) is 0 Å². The zero-order chi connectivity index (χ0) is 29.7. The Morgan fingerprint density at radius 2 is 1.07 bits per heavy atom. The van der Waals surface area contributed by atoms with Crippen LogP contribution in [0.3, 0.4) is 0 Å². The number of hydrogen-bond donors (Lipinski definition) is 5. The number of aliphatic hydroxyl groups excluding tert-OH is 4. The van der Waals surface area contributed by atoms with E-state index in [9.17, 15) is 25.2 Å². The molecule has 4 atom stereocenters. The molecule has 0 fully saturated rings. The second kappa shape index (κ2) is 29.0. The third kappa shape index (κ3) is 23.3. The lowest BCUT2D eigenvalue weighted by Crippen LogP contribution is -2.53. The highest BCUT2D eigenvalue weighted by molar-refractivity contribution is 5.80. The molecule has 4 unspecified atom stereocenters. The number of nitrogens with one attached hydrogen (secondary N) is 1. The summed E-state index contributed by atoms with van der Waals surface area (Å²) in [7, 11) is 0. The fourth-order valence-electron chi connectivity index (χ4n) is 4.57. The van der Waals surface area contributed by atoms with Gasteiger partial charge >= 0.3 is 0 Å². The van der Waals surface area contributed by atoms with Crippen LogP contribution in [0.25, 0.3) is 0 Å². The lowest BCUT2D eigenvalue weighted by atomic mass is 10.00. The molecule has 0 rings (SSSR count). The standard InChI is InChI=1S/C34H63NO5/c1-3-5-7-9-11-13-15-16-17-18-20-21-23-25-27-31(37)33(39)30(29-36)35-34(40)32(38)28-26-24-22-19-14-12-10-8-6-4-2/h10,12,15-16,20-21,30-33,36-39H,3-9,11,13-14,17-19,22-29H2,1-2H3,(H,35,40)/b12-10-,16-15+,21-20+. The van der Waals surface area contributed by atoms with Crippen molar-refractivity contribution in [2.24, 2.45) is 0 Å². The van der Waals surface area contributed by atoms with Crippen LogP contribution >= 0.6 is 0 Å². The van der Waals surface area contributed by atoms with Gasteiger partial charge in [-0.1, -0.05) is 108 Å². The summed E-state index contributed by atoms with van der Waals surface area (Å²) in [6.45, 7) is 3.92. The van der Waals surface area contributed by atoms with E-state index < -0.39 is 36.9 Å². The third-order valence-electron chi connectivity index (χ3n) is 7.30. The molecule has 0 aromatic rings. The average Bonchev–Trinajstić information content (AvgIpc) is 2.96. The van der Waals surface area contributed by atoms with Gasteiger partial charge in [0.05, 0.1) is 18.8 Å². The third-order valence-corrected chi connectivity index (χ3v) is 7.30. The van der Waals surface area contributed by atoms with Crippen LogP contribution in [0.5, 0.6) is 0 Å². The molecule has 0 aliphatic carbocycles. The van der Waals surface area contributed by atoms with Crippen LogP contribution in [0.1, 0.15) is 142 Å². The van der Waals surface area contributed by atoms with Gasteiger partial charge in [0.1, 0.15) is 12.2 Å². The van der Waals surface area contributed by atoms with Crippen molar-refractivity contribution in [2.45, 2.75) is 167 Å². The highest BCUT2D eigenvalue weighted by Gasteiger charge is 2.28. The quantitative estimate of drug-likeness (QED) is 0.0515. The van der Waals surface area contributed by atoms with Crippen molar-refractivity contribution >= 4 is 5.91 Å². The fourth-order valence-corrected chi connectivity index (χ4v) is 4.57. The Morgan fingerprint density at radius 3 is 1.62 bits per heavy atom. The molecule has 0 saturated carbocycles. The molecule has 0 bridgehead atoms. The van der Waals surface area contributed by atoms with Gasteiger partial charge in [-0.2, -0.15) is 0 Å². The number of aliphatic hydroxyl groups is 4. The molecule has 6 heteroatoms. The second-order valence-electron chi connectivity index (χ2n) is 11.1. The van der Waals surface area contributed by atoms with Crippen molar-refractivity contribution in [3.05, 3.63) is 36.5 Å². The van der Waals surface area contributed by atoms with Crippen LogP contribution in [-0.2, 0) is 4.79 Å². The molecule has 5 N–H and O–H groups in total. The Labute approximate surface area is 246 Å². The Kier molecular flexibility index (Phi) is 28.0. The first-order chi connectivity index (χ1) is 19.5. The van der Waals surface area contributed by atoms with Crippen molar-refractivity contribution in [2.75, 3.05) is 6.61 Å². The van der Waals surface area contributed by atoms with E-state index in [-0.39, 0.29) is 0 Å². The SMILES string of the molecule is CCCC/C=C\CCCCCCC(O)C(=O)NC(CO)C(O)C(O)CCC/C=C/CC/C=C/CCCCCCC. The fraction of sp³-hybridized carbons (Fsp3) is 0.794. The summed E-state index contributed by atoms with van der Waals surface area (Å²) in [4.78, 5) is 12.3. The first-order valence-electron chi connectivity index (χ1n) is 16.4. The summed E-state index contributed by atoms with van der Waals surface area (Å²) in [5.41, 5.74) is 0. The zero-order valence-electron chi connectivity index (χ0n) is 25.8. The van der Waals surface area contributed by atoms with Gasteiger partial charge < -0.3 is 25.7 Å². The van der Waals surface area contributed by atoms with Crippen LogP contribution in [-0.4, -0.2) is 57.3 Å². The van der Waals surface area contributed by atoms with E-state index in [0.717, 1.165) is 57.8 Å². The van der Waals surface area contributed by atoms with Crippen LogP contribution < -0.4 is 5.32 Å². The first-order valence-corrected chi connectivity index (χ1v) is 16.4. The van der Waals surface area contributed by atoms with Gasteiger partial charge in [-0.25, -0.2) is 0 Å². The largest absolute Gasteiger partial charge is 0.394 e. The molecule has 0 radical (unpaired) electrons. The Balaban J connectivity index is 3.99. The molecule has 0 heterocycles. The molecular formula is C34H63NO5. The van der Waals surface area contributed by atoms with Crippen molar-refractivity contribution in [3.63, 3.8) is 0 Å². The number of rotatable bonds is 28. The van der Waals surface area contributed by atoms with Gasteiger partial charge in [-0.05, 0) is 70.6 Å². The van der Waals surface area contributed by atoms with Gasteiger partial charge in [-0.15, -0.1) is 0 Å². The summed E-state index contributed by atoms with van der Waals surface area (Å²) < 4.78 is 0. The number of amides is 1. The topological polar surface area (TPSA) is 110 Å². The van der Waals surface area contributed by atoms with E-state index >= 15 is 0 Å². The summed E-state index contributed by atoms with van der Waals surface area (Å²) in [6, 6.07) is -1.01. The molecule has 234 valence electrons. The highest BCUT2D eigenvalue weighted by Crippen LogP contribution is 2.12. The monoisotopic (exact) mass is 565 g/mol. The highest BCUT2D eigenvalue weighted by atomic mass is 16.3. The number of carbonyl (C=O) groups is 1. The maximum absolute atomic E-state index is 12.3. The van der Waals surface area contributed by atoms with Gasteiger partial charge in [0.15, 0.2) is 0 Å². The zero-order valence-corrected chi connectivity index (χ0v) is 25.8. The maximum atomic E-state index is 12.3. The second-order valence-corrected chi connectivity index (χ2v) is 11.1. The molecule has 0 aromatic carbocycles. The van der Waals surface area contributed by atoms with Crippen LogP contribution in [0.2, 0.25) is 0 Å². The normalized spacial score (nSPS) is 15.2. The lowest BCUT2D eigenvalue weighted by molar-refractivity contribution is -0.132. The molecular weight excluding hydrogens is 502 g/mol. The van der Waals surface area contributed by atoms with Gasteiger partial charge in [-0.3, -0.25) is 4.79 Å². The van der Waals surface area contributed by atoms with E-state index in [1.54, 1.807) is 0 Å². The van der Waals surface area contributed by atoms with E-state index in [2.05, 4.69) is 55.6 Å². The van der Waals surface area contributed by atoms with E-state index in [0.29, 0.717) is 19.3 Å². The number of unbranched alkanes of at least 4 members (excludes halogenated alkanes) is 13. The van der Waals surface area contributed by atoms with Crippen molar-refractivity contribution in [1.29, 1.82) is 0 Å². The molecule has 0 saturated heterocycles. The van der Waals surface area contributed by atoms with Gasteiger partial charge in [0.25, 0.3) is 0 Å². The maximum Gasteiger partial charge on any atom is 0.249 e. The van der Waals surface area contributed by atoms with Crippen molar-refractivity contribution < 1.29 is 25.2 Å². The summed E-state index contributed by atoms with van der Waals surface area (Å²) in [5, 5.41) is 43.1. The van der Waals surface area contributed by atoms with Crippen LogP contribution in [0.15, 0.2) is 36.5 Å². The minimum atomic E-state index is -1.29. The molecule has 6 nitrogen and oxygen atoms in total. The van der Waals surface area contributed by atoms with Crippen molar-refractivity contribution in [3.8, 4) is 0 Å². The summed E-state index contributed by atoms with van der Waals surface area (Å²) >= 11 is 0. The number of allylic oxidation sites excluding steroid dienone is 6. The lowest BCUT2D eigenvalue weighted by Gasteiger charge is -2.27. The predicted octanol–water partition coefficient (Wildman–Crippen LogP) is 7.06. The molecule has 40 heavy (non-hydrogen) atoms.